The molecule has 0 bridgehead atoms. The number of benzene rings is 1. The van der Waals surface area contributed by atoms with Crippen LogP contribution in [-0.2, 0) is 9.53 Å². The Morgan fingerprint density at radius 1 is 1.21 bits per heavy atom. The summed E-state index contributed by atoms with van der Waals surface area (Å²) in [6.45, 7) is 3.39. The molecule has 0 fully saturated rings. The van der Waals surface area contributed by atoms with Crippen LogP contribution in [0.1, 0.15) is 22.8 Å². The molecule has 1 atom stereocenters. The van der Waals surface area contributed by atoms with Gasteiger partial charge in [-0.25, -0.2) is 14.8 Å². The number of nitrogens with one attached hydrogen (secondary N) is 1. The summed E-state index contributed by atoms with van der Waals surface area (Å²) in [6, 6.07) is 8.25. The molecule has 0 saturated carbocycles. The summed E-state index contributed by atoms with van der Waals surface area (Å²) in [7, 11) is 0. The predicted octanol–water partition coefficient (Wildman–Crippen LogP) is 2.72. The van der Waals surface area contributed by atoms with Gasteiger partial charge in [0.15, 0.2) is 18.1 Å². The highest BCUT2D eigenvalue weighted by Crippen LogP contribution is 2.15. The Hall–Kier alpha value is -3.22. The van der Waals surface area contributed by atoms with Gasteiger partial charge in [-0.3, -0.25) is 4.79 Å². The zero-order chi connectivity index (χ0) is 17.1. The largest absolute Gasteiger partial charge is 0.449 e. The number of oxazole rings is 1. The maximum absolute atomic E-state index is 12.1. The molecular weight excluding hydrogens is 310 g/mol. The van der Waals surface area contributed by atoms with Gasteiger partial charge in [-0.15, -0.1) is 0 Å². The molecule has 0 saturated heterocycles. The number of amides is 1. The van der Waals surface area contributed by atoms with Gasteiger partial charge in [0.25, 0.3) is 5.91 Å². The molecule has 0 aliphatic rings. The fraction of sp³-hybridized carbons (Fsp3) is 0.176. The monoisotopic (exact) mass is 325 g/mol. The highest BCUT2D eigenvalue weighted by molar-refractivity contribution is 5.98. The Kier molecular flexibility index (Phi) is 4.24. The third kappa shape index (κ3) is 3.40. The topological polar surface area (TPSA) is 94.3 Å². The van der Waals surface area contributed by atoms with Crippen molar-refractivity contribution < 1.29 is 18.7 Å². The first-order valence-corrected chi connectivity index (χ1v) is 7.30. The molecular formula is C17H15N3O4. The van der Waals surface area contributed by atoms with Gasteiger partial charge in [0.1, 0.15) is 11.3 Å². The number of ether oxygens (including phenoxy) is 1. The first kappa shape index (κ1) is 15.7. The minimum atomic E-state index is -0.967. The molecule has 0 aliphatic heterocycles. The fourth-order valence-corrected chi connectivity index (χ4v) is 2.03. The van der Waals surface area contributed by atoms with E-state index in [4.69, 9.17) is 9.15 Å². The van der Waals surface area contributed by atoms with Crippen LogP contribution in [0.2, 0.25) is 0 Å². The van der Waals surface area contributed by atoms with E-state index in [0.717, 1.165) is 5.56 Å². The van der Waals surface area contributed by atoms with E-state index in [1.165, 1.54) is 19.4 Å². The smallest absolute Gasteiger partial charge is 0.339 e. The van der Waals surface area contributed by atoms with Crippen molar-refractivity contribution in [3.8, 4) is 0 Å². The lowest BCUT2D eigenvalue weighted by molar-refractivity contribution is -0.123. The van der Waals surface area contributed by atoms with E-state index in [1.807, 2.05) is 13.0 Å². The molecule has 0 aliphatic carbocycles. The van der Waals surface area contributed by atoms with Crippen molar-refractivity contribution in [3.05, 3.63) is 54.0 Å². The van der Waals surface area contributed by atoms with Gasteiger partial charge in [0.05, 0.1) is 5.56 Å². The van der Waals surface area contributed by atoms with Crippen LogP contribution in [0.25, 0.3) is 11.1 Å². The lowest BCUT2D eigenvalue weighted by atomic mass is 10.2. The number of aryl methyl sites for hydroxylation is 1. The van der Waals surface area contributed by atoms with E-state index in [2.05, 4.69) is 15.3 Å². The molecule has 122 valence electrons. The Balaban J connectivity index is 1.64. The second-order valence-electron chi connectivity index (χ2n) is 5.29. The second kappa shape index (κ2) is 6.49. The molecule has 1 N–H and O–H groups in total. The summed E-state index contributed by atoms with van der Waals surface area (Å²) in [5.41, 5.74) is 2.39. The Bertz CT molecular complexity index is 886. The number of esters is 1. The van der Waals surface area contributed by atoms with E-state index in [1.54, 1.807) is 24.4 Å². The van der Waals surface area contributed by atoms with Crippen molar-refractivity contribution in [2.75, 3.05) is 5.32 Å². The van der Waals surface area contributed by atoms with Crippen LogP contribution in [0.3, 0.4) is 0 Å². The molecule has 1 amide bonds. The number of hydrogen-bond acceptors (Lipinski definition) is 6. The standard InChI is InChI=1S/C17H15N3O4/c1-10-3-6-15(18-8-10)20-16(21)11(2)24-17(22)12-4-5-13-14(7-12)23-9-19-13/h3-9,11H,1-2H3,(H,18,20,21). The van der Waals surface area contributed by atoms with Crippen LogP contribution in [0.15, 0.2) is 47.3 Å². The molecule has 3 aromatic rings. The first-order valence-electron chi connectivity index (χ1n) is 7.30. The van der Waals surface area contributed by atoms with Crippen molar-refractivity contribution in [2.24, 2.45) is 0 Å². The van der Waals surface area contributed by atoms with Crippen LogP contribution in [-0.4, -0.2) is 27.9 Å². The number of nitrogens with zero attached hydrogens (tertiary/aromatic N) is 2. The normalized spacial score (nSPS) is 11.9. The Morgan fingerprint density at radius 2 is 2.04 bits per heavy atom. The highest BCUT2D eigenvalue weighted by Gasteiger charge is 2.20. The van der Waals surface area contributed by atoms with Crippen LogP contribution in [0, 0.1) is 6.92 Å². The maximum Gasteiger partial charge on any atom is 0.339 e. The van der Waals surface area contributed by atoms with Crippen molar-refractivity contribution in [1.82, 2.24) is 9.97 Å². The molecule has 0 radical (unpaired) electrons. The molecule has 1 aromatic carbocycles. The summed E-state index contributed by atoms with van der Waals surface area (Å²) in [5, 5.41) is 2.60. The minimum absolute atomic E-state index is 0.285. The van der Waals surface area contributed by atoms with Crippen LogP contribution >= 0.6 is 0 Å². The van der Waals surface area contributed by atoms with E-state index < -0.39 is 18.0 Å². The Labute approximate surface area is 137 Å². The molecule has 3 rings (SSSR count). The van der Waals surface area contributed by atoms with Crippen molar-refractivity contribution in [3.63, 3.8) is 0 Å². The van der Waals surface area contributed by atoms with Crippen LogP contribution in [0.5, 0.6) is 0 Å². The fourth-order valence-electron chi connectivity index (χ4n) is 2.03. The van der Waals surface area contributed by atoms with E-state index in [-0.39, 0.29) is 5.56 Å². The van der Waals surface area contributed by atoms with Gasteiger partial charge >= 0.3 is 5.97 Å². The predicted molar refractivity (Wildman–Crippen MR) is 86.5 cm³/mol. The summed E-state index contributed by atoms with van der Waals surface area (Å²) < 4.78 is 10.3. The SMILES string of the molecule is Cc1ccc(NC(=O)C(C)OC(=O)c2ccc3ncoc3c2)nc1. The van der Waals surface area contributed by atoms with Crippen molar-refractivity contribution in [1.29, 1.82) is 0 Å². The van der Waals surface area contributed by atoms with E-state index in [9.17, 15) is 9.59 Å². The summed E-state index contributed by atoms with van der Waals surface area (Å²) in [4.78, 5) is 32.3. The third-order valence-electron chi connectivity index (χ3n) is 3.38. The van der Waals surface area contributed by atoms with Gasteiger partial charge in [-0.05, 0) is 43.7 Å². The number of anilines is 1. The minimum Gasteiger partial charge on any atom is -0.449 e. The molecule has 1 unspecified atom stereocenters. The van der Waals surface area contributed by atoms with Gasteiger partial charge in [0, 0.05) is 6.20 Å². The number of fused-ring (bicyclic) bond motifs is 1. The number of carbonyl (C=O) groups is 2. The number of pyridine rings is 1. The third-order valence-corrected chi connectivity index (χ3v) is 3.38. The number of hydrogen-bond donors (Lipinski definition) is 1. The molecule has 7 nitrogen and oxygen atoms in total. The maximum atomic E-state index is 12.1. The lowest BCUT2D eigenvalue weighted by Gasteiger charge is -2.13. The molecule has 2 aromatic heterocycles. The Morgan fingerprint density at radius 3 is 2.79 bits per heavy atom. The van der Waals surface area contributed by atoms with Crippen LogP contribution < -0.4 is 5.32 Å². The number of aromatic nitrogens is 2. The molecule has 2 heterocycles. The average molecular weight is 325 g/mol. The molecule has 0 spiro atoms. The van der Waals surface area contributed by atoms with Gasteiger partial charge < -0.3 is 14.5 Å². The van der Waals surface area contributed by atoms with Crippen molar-refractivity contribution >= 4 is 28.8 Å². The van der Waals surface area contributed by atoms with E-state index in [0.29, 0.717) is 16.9 Å². The summed E-state index contributed by atoms with van der Waals surface area (Å²) >= 11 is 0. The van der Waals surface area contributed by atoms with Crippen LogP contribution in [0.4, 0.5) is 5.82 Å². The van der Waals surface area contributed by atoms with Crippen molar-refractivity contribution in [2.45, 2.75) is 20.0 Å². The lowest BCUT2D eigenvalue weighted by Crippen LogP contribution is -2.30. The average Bonchev–Trinajstić information content (AvgIpc) is 3.04. The quantitative estimate of drug-likeness (QED) is 0.741. The number of carbonyl (C=O) groups excluding carboxylic acids is 2. The highest BCUT2D eigenvalue weighted by atomic mass is 16.5. The first-order chi connectivity index (χ1) is 11.5. The number of rotatable bonds is 4. The van der Waals surface area contributed by atoms with Gasteiger partial charge in [-0.1, -0.05) is 6.07 Å². The second-order valence-corrected chi connectivity index (χ2v) is 5.29. The molecule has 7 heteroatoms. The molecule has 24 heavy (non-hydrogen) atoms. The van der Waals surface area contributed by atoms with Gasteiger partial charge in [-0.2, -0.15) is 0 Å². The summed E-state index contributed by atoms with van der Waals surface area (Å²) in [5.74, 6) is -0.676. The van der Waals surface area contributed by atoms with Gasteiger partial charge in [0.2, 0.25) is 0 Å². The zero-order valence-electron chi connectivity index (χ0n) is 13.1. The summed E-state index contributed by atoms with van der Waals surface area (Å²) in [6.07, 6.45) is 1.97. The van der Waals surface area contributed by atoms with E-state index >= 15 is 0 Å². The zero-order valence-corrected chi connectivity index (χ0v) is 13.1.